The van der Waals surface area contributed by atoms with Crippen LogP contribution in [0.15, 0.2) is 84.9 Å². The van der Waals surface area contributed by atoms with Crippen molar-refractivity contribution in [1.29, 1.82) is 0 Å². The van der Waals surface area contributed by atoms with Crippen molar-refractivity contribution in [2.45, 2.75) is 0 Å². The highest BCUT2D eigenvalue weighted by Gasteiger charge is 2.28. The molecule has 0 N–H and O–H groups in total. The first kappa shape index (κ1) is 17.2. The van der Waals surface area contributed by atoms with E-state index in [0.717, 1.165) is 44.5 Å². The summed E-state index contributed by atoms with van der Waals surface area (Å²) in [6.07, 6.45) is 0. The Kier molecular flexibility index (Phi) is 4.08. The summed E-state index contributed by atoms with van der Waals surface area (Å²) < 4.78 is 0. The number of carbonyl (C=O) groups excluding carboxylic acids is 1. The number of hydrogen-bond acceptors (Lipinski definition) is 1. The van der Waals surface area contributed by atoms with Gasteiger partial charge in [0.2, 0.25) is 0 Å². The minimum Gasteiger partial charge on any atom is -0.289 e. The highest BCUT2D eigenvalue weighted by atomic mass is 35.5. The summed E-state index contributed by atoms with van der Waals surface area (Å²) in [5.74, 6) is 0.0616. The minimum absolute atomic E-state index is 0.0616. The van der Waals surface area contributed by atoms with Gasteiger partial charge in [-0.2, -0.15) is 0 Å². The van der Waals surface area contributed by atoms with Crippen LogP contribution < -0.4 is 0 Å². The molecule has 0 saturated heterocycles. The summed E-state index contributed by atoms with van der Waals surface area (Å²) >= 11 is 12.5. The Morgan fingerprint density at radius 2 is 1.00 bits per heavy atom. The molecule has 4 aromatic carbocycles. The minimum atomic E-state index is 0.0616. The Bertz CT molecular complexity index is 1260. The number of hydrogen-bond donors (Lipinski definition) is 0. The first-order valence-corrected chi connectivity index (χ1v) is 9.71. The van der Waals surface area contributed by atoms with Gasteiger partial charge < -0.3 is 0 Å². The lowest BCUT2D eigenvalue weighted by Gasteiger charge is -2.14. The lowest BCUT2D eigenvalue weighted by atomic mass is 9.90. The van der Waals surface area contributed by atoms with Gasteiger partial charge in [0.15, 0.2) is 5.78 Å². The highest BCUT2D eigenvalue weighted by molar-refractivity contribution is 6.31. The second-order valence-electron chi connectivity index (χ2n) is 6.84. The van der Waals surface area contributed by atoms with E-state index in [9.17, 15) is 4.79 Å². The highest BCUT2D eigenvalue weighted by Crippen LogP contribution is 2.44. The Morgan fingerprint density at radius 1 is 0.464 bits per heavy atom. The largest absolute Gasteiger partial charge is 0.289 e. The molecule has 0 spiro atoms. The summed E-state index contributed by atoms with van der Waals surface area (Å²) in [7, 11) is 0. The molecule has 3 heteroatoms. The molecule has 0 heterocycles. The van der Waals surface area contributed by atoms with Gasteiger partial charge in [0, 0.05) is 21.2 Å². The van der Waals surface area contributed by atoms with Crippen LogP contribution in [-0.2, 0) is 0 Å². The molecule has 0 saturated carbocycles. The standard InChI is InChI=1S/C25H14Cl2O/c26-17-7-3-5-15(11-17)21-13-23-19-9-1-2-10-20(19)25(28)24(23)14-22(21)16-6-4-8-18(27)12-16/h1-14H. The summed E-state index contributed by atoms with van der Waals surface area (Å²) in [5, 5.41) is 1.33. The van der Waals surface area contributed by atoms with E-state index in [1.807, 2.05) is 78.9 Å². The molecule has 134 valence electrons. The molecule has 4 aromatic rings. The van der Waals surface area contributed by atoms with E-state index in [-0.39, 0.29) is 5.78 Å². The molecule has 0 amide bonds. The summed E-state index contributed by atoms with van der Waals surface area (Å²) in [5.41, 5.74) is 7.36. The quantitative estimate of drug-likeness (QED) is 0.299. The van der Waals surface area contributed by atoms with Gasteiger partial charge in [-0.3, -0.25) is 4.79 Å². The Hall–Kier alpha value is -2.87. The molecule has 0 aromatic heterocycles. The van der Waals surface area contributed by atoms with Gasteiger partial charge in [-0.15, -0.1) is 0 Å². The van der Waals surface area contributed by atoms with Crippen LogP contribution >= 0.6 is 23.2 Å². The number of rotatable bonds is 2. The van der Waals surface area contributed by atoms with E-state index in [1.54, 1.807) is 0 Å². The molecule has 0 unspecified atom stereocenters. The smallest absolute Gasteiger partial charge is 0.194 e. The van der Waals surface area contributed by atoms with Crippen LogP contribution in [-0.4, -0.2) is 5.78 Å². The van der Waals surface area contributed by atoms with Gasteiger partial charge in [-0.25, -0.2) is 0 Å². The number of benzene rings is 4. The van der Waals surface area contributed by atoms with Crippen molar-refractivity contribution in [2.75, 3.05) is 0 Å². The maximum atomic E-state index is 13.0. The topological polar surface area (TPSA) is 17.1 Å². The van der Waals surface area contributed by atoms with Gasteiger partial charge >= 0.3 is 0 Å². The molecule has 0 aliphatic heterocycles. The zero-order valence-corrected chi connectivity index (χ0v) is 16.3. The fraction of sp³-hybridized carbons (Fsp3) is 0. The molecule has 28 heavy (non-hydrogen) atoms. The second kappa shape index (κ2) is 6.63. The molecule has 5 rings (SSSR count). The van der Waals surface area contributed by atoms with Crippen LogP contribution in [0.4, 0.5) is 0 Å². The van der Waals surface area contributed by atoms with E-state index in [2.05, 4.69) is 6.07 Å². The second-order valence-corrected chi connectivity index (χ2v) is 7.71. The fourth-order valence-electron chi connectivity index (χ4n) is 3.86. The Balaban J connectivity index is 1.83. The van der Waals surface area contributed by atoms with Crippen molar-refractivity contribution in [2.24, 2.45) is 0 Å². The van der Waals surface area contributed by atoms with Crippen molar-refractivity contribution in [1.82, 2.24) is 0 Å². The first-order chi connectivity index (χ1) is 13.6. The van der Waals surface area contributed by atoms with E-state index in [4.69, 9.17) is 23.2 Å². The third-order valence-corrected chi connectivity index (χ3v) is 5.61. The molecule has 1 aliphatic carbocycles. The molecule has 0 radical (unpaired) electrons. The van der Waals surface area contributed by atoms with Crippen LogP contribution in [0, 0.1) is 0 Å². The molecule has 1 nitrogen and oxygen atoms in total. The predicted octanol–water partition coefficient (Wildman–Crippen LogP) is 7.54. The van der Waals surface area contributed by atoms with E-state index in [0.29, 0.717) is 10.0 Å². The Labute approximate surface area is 173 Å². The molecule has 0 fully saturated rings. The lowest BCUT2D eigenvalue weighted by Crippen LogP contribution is -1.96. The monoisotopic (exact) mass is 400 g/mol. The van der Waals surface area contributed by atoms with E-state index >= 15 is 0 Å². The first-order valence-electron chi connectivity index (χ1n) is 8.96. The van der Waals surface area contributed by atoms with Crippen molar-refractivity contribution >= 4 is 29.0 Å². The summed E-state index contributed by atoms with van der Waals surface area (Å²) in [6.45, 7) is 0. The third kappa shape index (κ3) is 2.75. The van der Waals surface area contributed by atoms with Crippen LogP contribution in [0.5, 0.6) is 0 Å². The van der Waals surface area contributed by atoms with Gasteiger partial charge in [0.1, 0.15) is 0 Å². The number of ketones is 1. The van der Waals surface area contributed by atoms with Gasteiger partial charge in [-0.05, 0) is 69.8 Å². The maximum absolute atomic E-state index is 13.0. The van der Waals surface area contributed by atoms with Crippen LogP contribution in [0.25, 0.3) is 33.4 Å². The van der Waals surface area contributed by atoms with Crippen molar-refractivity contribution in [3.05, 3.63) is 106 Å². The summed E-state index contributed by atoms with van der Waals surface area (Å²) in [4.78, 5) is 13.0. The SMILES string of the molecule is O=C1c2ccccc2-c2cc(-c3cccc(Cl)c3)c(-c3cccc(Cl)c3)cc21. The number of fused-ring (bicyclic) bond motifs is 3. The molecule has 1 aliphatic rings. The van der Waals surface area contributed by atoms with Crippen LogP contribution in [0.3, 0.4) is 0 Å². The van der Waals surface area contributed by atoms with Gasteiger partial charge in [0.05, 0.1) is 0 Å². The summed E-state index contributed by atoms with van der Waals surface area (Å²) in [6, 6.07) is 27.3. The average Bonchev–Trinajstić information content (AvgIpc) is 2.99. The van der Waals surface area contributed by atoms with E-state index in [1.165, 1.54) is 0 Å². The number of carbonyl (C=O) groups is 1. The zero-order valence-electron chi connectivity index (χ0n) is 14.7. The predicted molar refractivity (Wildman–Crippen MR) is 116 cm³/mol. The normalized spacial score (nSPS) is 12.0. The average molecular weight is 401 g/mol. The Morgan fingerprint density at radius 3 is 1.57 bits per heavy atom. The van der Waals surface area contributed by atoms with Crippen molar-refractivity contribution in [3.63, 3.8) is 0 Å². The fourth-order valence-corrected chi connectivity index (χ4v) is 4.24. The van der Waals surface area contributed by atoms with Crippen LogP contribution in [0.1, 0.15) is 15.9 Å². The van der Waals surface area contributed by atoms with Gasteiger partial charge in [-0.1, -0.05) is 71.7 Å². The third-order valence-electron chi connectivity index (χ3n) is 5.14. The van der Waals surface area contributed by atoms with E-state index < -0.39 is 0 Å². The number of halogens is 2. The lowest BCUT2D eigenvalue weighted by molar-refractivity contribution is 0.104. The van der Waals surface area contributed by atoms with Crippen LogP contribution in [0.2, 0.25) is 10.0 Å². The van der Waals surface area contributed by atoms with Gasteiger partial charge in [0.25, 0.3) is 0 Å². The van der Waals surface area contributed by atoms with Crippen molar-refractivity contribution in [3.8, 4) is 33.4 Å². The molecule has 0 atom stereocenters. The van der Waals surface area contributed by atoms with Crippen molar-refractivity contribution < 1.29 is 4.79 Å². The molecular weight excluding hydrogens is 387 g/mol. The zero-order chi connectivity index (χ0) is 19.3. The molecular formula is C25H14Cl2O. The molecule has 0 bridgehead atoms. The maximum Gasteiger partial charge on any atom is 0.194 e.